The highest BCUT2D eigenvalue weighted by Crippen LogP contribution is 2.03. The molecule has 0 radical (unpaired) electrons. The van der Waals surface area contributed by atoms with Crippen LogP contribution in [-0.4, -0.2) is 9.52 Å². The lowest BCUT2D eigenvalue weighted by molar-refractivity contribution is 1.46. The summed E-state index contributed by atoms with van der Waals surface area (Å²) >= 11 is 5.73. The van der Waals surface area contributed by atoms with E-state index in [1.165, 1.54) is 11.2 Å². The van der Waals surface area contributed by atoms with Crippen LogP contribution >= 0.6 is 11.6 Å². The molecule has 0 N–H and O–H groups in total. The van der Waals surface area contributed by atoms with Crippen molar-refractivity contribution in [1.29, 1.82) is 0 Å². The Kier molecular flexibility index (Phi) is 2.97. The van der Waals surface area contributed by atoms with Crippen LogP contribution in [0.15, 0.2) is 24.3 Å². The highest BCUT2D eigenvalue weighted by Gasteiger charge is 1.89. The number of hydrogen-bond acceptors (Lipinski definition) is 0. The van der Waals surface area contributed by atoms with E-state index in [1.807, 2.05) is 12.1 Å². The van der Waals surface area contributed by atoms with Gasteiger partial charge in [-0.3, -0.25) is 0 Å². The SMILES string of the molecule is CC[SiH2]c1ccc(Cl)cc1. The smallest absolute Gasteiger partial charge is 0.0544 e. The summed E-state index contributed by atoms with van der Waals surface area (Å²) in [5, 5.41) is 2.35. The largest absolute Gasteiger partial charge is 0.0843 e. The summed E-state index contributed by atoms with van der Waals surface area (Å²) in [7, 11) is 0.0244. The molecule has 0 aromatic heterocycles. The minimum absolute atomic E-state index is 0.0244. The van der Waals surface area contributed by atoms with E-state index in [2.05, 4.69) is 19.1 Å². The van der Waals surface area contributed by atoms with Crippen LogP contribution in [0.4, 0.5) is 0 Å². The van der Waals surface area contributed by atoms with Crippen LogP contribution in [0.1, 0.15) is 6.92 Å². The molecule has 0 aliphatic heterocycles. The Morgan fingerprint density at radius 3 is 2.40 bits per heavy atom. The summed E-state index contributed by atoms with van der Waals surface area (Å²) < 4.78 is 0. The van der Waals surface area contributed by atoms with Gasteiger partial charge in [0.25, 0.3) is 0 Å². The molecule has 0 atom stereocenters. The van der Waals surface area contributed by atoms with Crippen LogP contribution in [0.5, 0.6) is 0 Å². The van der Waals surface area contributed by atoms with E-state index in [9.17, 15) is 0 Å². The minimum atomic E-state index is 0.0244. The fourth-order valence-corrected chi connectivity index (χ4v) is 2.21. The molecule has 1 aromatic carbocycles. The molecule has 0 amide bonds. The highest BCUT2D eigenvalue weighted by molar-refractivity contribution is 6.53. The first-order valence-corrected chi connectivity index (χ1v) is 5.66. The topological polar surface area (TPSA) is 0 Å². The van der Waals surface area contributed by atoms with Crippen LogP contribution < -0.4 is 5.19 Å². The van der Waals surface area contributed by atoms with E-state index in [4.69, 9.17) is 11.6 Å². The lowest BCUT2D eigenvalue weighted by Crippen LogP contribution is -2.10. The molecule has 0 heterocycles. The quantitative estimate of drug-likeness (QED) is 0.592. The lowest BCUT2D eigenvalue weighted by Gasteiger charge is -1.95. The first-order valence-electron chi connectivity index (χ1n) is 3.57. The van der Waals surface area contributed by atoms with Crippen molar-refractivity contribution < 1.29 is 0 Å². The maximum Gasteiger partial charge on any atom is 0.0544 e. The van der Waals surface area contributed by atoms with Crippen molar-refractivity contribution in [3.05, 3.63) is 29.3 Å². The molecular weight excluding hydrogens is 160 g/mol. The molecule has 0 saturated heterocycles. The van der Waals surface area contributed by atoms with Crippen molar-refractivity contribution >= 4 is 26.3 Å². The number of halogens is 1. The molecule has 0 aliphatic carbocycles. The maximum atomic E-state index is 5.73. The third kappa shape index (κ3) is 2.16. The van der Waals surface area contributed by atoms with Gasteiger partial charge in [0.2, 0.25) is 0 Å². The average molecular weight is 171 g/mol. The van der Waals surface area contributed by atoms with Crippen LogP contribution in [0.2, 0.25) is 11.1 Å². The first-order chi connectivity index (χ1) is 4.83. The predicted octanol–water partition coefficient (Wildman–Crippen LogP) is 1.57. The van der Waals surface area contributed by atoms with E-state index < -0.39 is 0 Å². The number of benzene rings is 1. The van der Waals surface area contributed by atoms with E-state index in [0.717, 1.165) is 5.02 Å². The summed E-state index contributed by atoms with van der Waals surface area (Å²) in [6, 6.07) is 9.55. The van der Waals surface area contributed by atoms with Crippen molar-refractivity contribution in [2.24, 2.45) is 0 Å². The van der Waals surface area contributed by atoms with Gasteiger partial charge in [-0.1, -0.05) is 41.9 Å². The summed E-state index contributed by atoms with van der Waals surface area (Å²) in [6.07, 6.45) is 0. The van der Waals surface area contributed by atoms with Gasteiger partial charge in [-0.15, -0.1) is 0 Å². The summed E-state index contributed by atoms with van der Waals surface area (Å²) in [4.78, 5) is 0. The molecule has 54 valence electrons. The van der Waals surface area contributed by atoms with Crippen LogP contribution in [-0.2, 0) is 0 Å². The standard InChI is InChI=1S/C8H11ClSi/c1-2-10-8-5-3-7(9)4-6-8/h3-6H,2,10H2,1H3. The zero-order valence-electron chi connectivity index (χ0n) is 6.10. The summed E-state index contributed by atoms with van der Waals surface area (Å²) in [6.45, 7) is 2.24. The Balaban J connectivity index is 2.69. The summed E-state index contributed by atoms with van der Waals surface area (Å²) in [5.74, 6) is 0. The third-order valence-corrected chi connectivity index (χ3v) is 3.25. The van der Waals surface area contributed by atoms with Gasteiger partial charge in [0.15, 0.2) is 0 Å². The van der Waals surface area contributed by atoms with Gasteiger partial charge in [0.1, 0.15) is 0 Å². The zero-order chi connectivity index (χ0) is 7.40. The fraction of sp³-hybridized carbons (Fsp3) is 0.250. The van der Waals surface area contributed by atoms with Crippen LogP contribution in [0, 0.1) is 0 Å². The Labute approximate surface area is 69.0 Å². The van der Waals surface area contributed by atoms with Gasteiger partial charge >= 0.3 is 0 Å². The van der Waals surface area contributed by atoms with Crippen molar-refractivity contribution in [3.63, 3.8) is 0 Å². The van der Waals surface area contributed by atoms with Gasteiger partial charge < -0.3 is 0 Å². The molecule has 0 aliphatic rings. The Morgan fingerprint density at radius 1 is 1.30 bits per heavy atom. The fourth-order valence-electron chi connectivity index (χ4n) is 0.940. The van der Waals surface area contributed by atoms with Gasteiger partial charge in [-0.25, -0.2) is 0 Å². The van der Waals surface area contributed by atoms with Gasteiger partial charge in [-0.2, -0.15) is 0 Å². The van der Waals surface area contributed by atoms with Crippen molar-refractivity contribution in [3.8, 4) is 0 Å². The Hall–Kier alpha value is -0.273. The zero-order valence-corrected chi connectivity index (χ0v) is 8.27. The maximum absolute atomic E-state index is 5.73. The van der Waals surface area contributed by atoms with E-state index >= 15 is 0 Å². The van der Waals surface area contributed by atoms with E-state index in [1.54, 1.807) is 0 Å². The molecule has 0 unspecified atom stereocenters. The molecule has 10 heavy (non-hydrogen) atoms. The van der Waals surface area contributed by atoms with Gasteiger partial charge in [0, 0.05) is 5.02 Å². The predicted molar refractivity (Wildman–Crippen MR) is 50.1 cm³/mol. The third-order valence-electron chi connectivity index (χ3n) is 1.45. The van der Waals surface area contributed by atoms with Crippen molar-refractivity contribution in [2.75, 3.05) is 0 Å². The molecule has 0 bridgehead atoms. The second-order valence-corrected chi connectivity index (χ2v) is 5.13. The Morgan fingerprint density at radius 2 is 1.90 bits per heavy atom. The molecule has 2 heteroatoms. The number of hydrogen-bond donors (Lipinski definition) is 0. The molecular formula is C8H11ClSi. The highest BCUT2D eigenvalue weighted by atomic mass is 35.5. The molecule has 0 fully saturated rings. The van der Waals surface area contributed by atoms with Crippen molar-refractivity contribution in [1.82, 2.24) is 0 Å². The normalized spacial score (nSPS) is 11.0. The lowest BCUT2D eigenvalue weighted by atomic mass is 10.4. The molecule has 1 aromatic rings. The molecule has 0 nitrogen and oxygen atoms in total. The van der Waals surface area contributed by atoms with E-state index in [0.29, 0.717) is 0 Å². The van der Waals surface area contributed by atoms with Gasteiger partial charge in [-0.05, 0) is 12.1 Å². The average Bonchev–Trinajstić information content (AvgIpc) is 1.95. The first kappa shape index (κ1) is 7.83. The minimum Gasteiger partial charge on any atom is -0.0843 e. The van der Waals surface area contributed by atoms with Crippen molar-refractivity contribution in [2.45, 2.75) is 13.0 Å². The van der Waals surface area contributed by atoms with Crippen LogP contribution in [0.25, 0.3) is 0 Å². The summed E-state index contributed by atoms with van der Waals surface area (Å²) in [5.41, 5.74) is 0. The second kappa shape index (κ2) is 3.79. The second-order valence-electron chi connectivity index (χ2n) is 2.38. The molecule has 0 saturated carbocycles. The molecule has 1 rings (SSSR count). The molecule has 0 spiro atoms. The Bertz CT molecular complexity index is 193. The van der Waals surface area contributed by atoms with E-state index in [-0.39, 0.29) is 9.52 Å². The van der Waals surface area contributed by atoms with Crippen LogP contribution in [0.3, 0.4) is 0 Å². The number of rotatable bonds is 2. The van der Waals surface area contributed by atoms with Gasteiger partial charge in [0.05, 0.1) is 9.52 Å². The monoisotopic (exact) mass is 170 g/mol.